The van der Waals surface area contributed by atoms with E-state index in [1.54, 1.807) is 0 Å². The first-order valence-corrected chi connectivity index (χ1v) is 7.66. The van der Waals surface area contributed by atoms with Crippen LogP contribution in [0.1, 0.15) is 47.0 Å². The van der Waals surface area contributed by atoms with Gasteiger partial charge in [-0.1, -0.05) is 27.2 Å². The van der Waals surface area contributed by atoms with Crippen LogP contribution in [-0.4, -0.2) is 48.3 Å². The van der Waals surface area contributed by atoms with Crippen LogP contribution >= 0.6 is 0 Å². The molecule has 0 saturated carbocycles. The molecule has 3 atom stereocenters. The Bertz CT molecular complexity index is 215. The Labute approximate surface area is 113 Å². The normalized spacial score (nSPS) is 23.8. The molecule has 2 N–H and O–H groups in total. The summed E-state index contributed by atoms with van der Waals surface area (Å²) in [6.45, 7) is 12.9. The average Bonchev–Trinajstić information content (AvgIpc) is 2.37. The van der Waals surface area contributed by atoms with Gasteiger partial charge in [-0.05, 0) is 44.7 Å². The zero-order chi connectivity index (χ0) is 13.5. The van der Waals surface area contributed by atoms with Crippen molar-refractivity contribution >= 4 is 0 Å². The second-order valence-corrected chi connectivity index (χ2v) is 6.22. The van der Waals surface area contributed by atoms with E-state index in [0.29, 0.717) is 12.0 Å². The van der Waals surface area contributed by atoms with Gasteiger partial charge in [0.2, 0.25) is 0 Å². The second kappa shape index (κ2) is 8.13. The van der Waals surface area contributed by atoms with Gasteiger partial charge in [0, 0.05) is 19.1 Å². The maximum Gasteiger partial charge on any atom is 0.0791 e. The summed E-state index contributed by atoms with van der Waals surface area (Å²) in [4.78, 5) is 2.40. The van der Waals surface area contributed by atoms with Crippen LogP contribution in [-0.2, 0) is 0 Å². The van der Waals surface area contributed by atoms with Crippen LogP contribution in [0.4, 0.5) is 0 Å². The van der Waals surface area contributed by atoms with Gasteiger partial charge in [-0.3, -0.25) is 0 Å². The van der Waals surface area contributed by atoms with Gasteiger partial charge in [0.1, 0.15) is 0 Å². The van der Waals surface area contributed by atoms with Crippen molar-refractivity contribution in [1.29, 1.82) is 0 Å². The van der Waals surface area contributed by atoms with Crippen molar-refractivity contribution < 1.29 is 5.11 Å². The van der Waals surface area contributed by atoms with E-state index in [4.69, 9.17) is 0 Å². The molecule has 1 saturated heterocycles. The Morgan fingerprint density at radius 3 is 2.44 bits per heavy atom. The average molecular weight is 256 g/mol. The van der Waals surface area contributed by atoms with Gasteiger partial charge in [-0.25, -0.2) is 0 Å². The van der Waals surface area contributed by atoms with E-state index in [1.807, 2.05) is 0 Å². The number of β-amino-alcohol motifs (C(OH)–C–C–N with tert-alkyl or cyclic N) is 1. The van der Waals surface area contributed by atoms with Gasteiger partial charge in [0.15, 0.2) is 0 Å². The number of rotatable bonds is 7. The molecule has 1 fully saturated rings. The highest BCUT2D eigenvalue weighted by molar-refractivity contribution is 4.75. The number of hydrogen-bond acceptors (Lipinski definition) is 3. The van der Waals surface area contributed by atoms with Crippen LogP contribution in [0.3, 0.4) is 0 Å². The molecule has 0 aromatic carbocycles. The molecule has 0 aliphatic carbocycles. The lowest BCUT2D eigenvalue weighted by Gasteiger charge is -2.32. The molecule has 0 radical (unpaired) electrons. The van der Waals surface area contributed by atoms with E-state index in [1.165, 1.54) is 19.3 Å². The van der Waals surface area contributed by atoms with Crippen LogP contribution in [0.25, 0.3) is 0 Å². The maximum absolute atomic E-state index is 10.1. The minimum Gasteiger partial charge on any atom is -0.390 e. The monoisotopic (exact) mass is 256 g/mol. The molecule has 3 heteroatoms. The summed E-state index contributed by atoms with van der Waals surface area (Å²) in [5, 5.41) is 13.5. The van der Waals surface area contributed by atoms with Crippen molar-refractivity contribution in [1.82, 2.24) is 10.2 Å². The Hall–Kier alpha value is -0.120. The number of aliphatic hydroxyl groups is 1. The number of piperidine rings is 1. The number of hydrogen-bond donors (Lipinski definition) is 2. The molecule has 1 aliphatic heterocycles. The van der Waals surface area contributed by atoms with Crippen molar-refractivity contribution in [3.63, 3.8) is 0 Å². The van der Waals surface area contributed by atoms with Crippen LogP contribution < -0.4 is 5.32 Å². The summed E-state index contributed by atoms with van der Waals surface area (Å²) in [5.41, 5.74) is 0. The fourth-order valence-corrected chi connectivity index (χ4v) is 2.48. The van der Waals surface area contributed by atoms with Crippen molar-refractivity contribution in [2.24, 2.45) is 11.8 Å². The van der Waals surface area contributed by atoms with Gasteiger partial charge >= 0.3 is 0 Å². The molecule has 3 unspecified atom stereocenters. The smallest absolute Gasteiger partial charge is 0.0791 e. The fraction of sp³-hybridized carbons (Fsp3) is 1.00. The maximum atomic E-state index is 10.1. The SMILES string of the molecule is CCC(C)C(C)NCC(O)CN1CCC(C)CC1. The highest BCUT2D eigenvalue weighted by Gasteiger charge is 2.19. The summed E-state index contributed by atoms with van der Waals surface area (Å²) in [6.07, 6.45) is 3.52. The van der Waals surface area contributed by atoms with Gasteiger partial charge in [-0.2, -0.15) is 0 Å². The lowest BCUT2D eigenvalue weighted by molar-refractivity contribution is 0.0877. The van der Waals surface area contributed by atoms with Crippen LogP contribution in [0, 0.1) is 11.8 Å². The first-order chi connectivity index (χ1) is 8.52. The lowest BCUT2D eigenvalue weighted by atomic mass is 9.99. The third-order valence-electron chi connectivity index (χ3n) is 4.52. The zero-order valence-electron chi connectivity index (χ0n) is 12.7. The predicted molar refractivity (Wildman–Crippen MR) is 77.8 cm³/mol. The predicted octanol–water partition coefficient (Wildman–Crippen LogP) is 2.10. The molecule has 0 aromatic rings. The minimum atomic E-state index is -0.232. The lowest BCUT2D eigenvalue weighted by Crippen LogP contribution is -2.44. The Morgan fingerprint density at radius 2 is 1.89 bits per heavy atom. The van der Waals surface area contributed by atoms with E-state index >= 15 is 0 Å². The van der Waals surface area contributed by atoms with Crippen molar-refractivity contribution in [2.75, 3.05) is 26.2 Å². The molecule has 3 nitrogen and oxygen atoms in total. The fourth-order valence-electron chi connectivity index (χ4n) is 2.48. The van der Waals surface area contributed by atoms with E-state index in [0.717, 1.165) is 32.1 Å². The van der Waals surface area contributed by atoms with E-state index in [2.05, 4.69) is 37.9 Å². The molecular formula is C15H32N2O. The molecule has 108 valence electrons. The summed E-state index contributed by atoms with van der Waals surface area (Å²) in [5.74, 6) is 1.54. The Kier molecular flexibility index (Phi) is 7.20. The standard InChI is InChI=1S/C15H32N2O/c1-5-13(3)14(4)16-10-15(18)11-17-8-6-12(2)7-9-17/h12-16,18H,5-11H2,1-4H3. The minimum absolute atomic E-state index is 0.232. The number of nitrogens with zero attached hydrogens (tertiary/aromatic N) is 1. The highest BCUT2D eigenvalue weighted by Crippen LogP contribution is 2.15. The zero-order valence-corrected chi connectivity index (χ0v) is 12.7. The van der Waals surface area contributed by atoms with Crippen molar-refractivity contribution in [3.05, 3.63) is 0 Å². The summed E-state index contributed by atoms with van der Waals surface area (Å²) >= 11 is 0. The van der Waals surface area contributed by atoms with Crippen LogP contribution in [0.2, 0.25) is 0 Å². The molecule has 18 heavy (non-hydrogen) atoms. The molecule has 1 rings (SSSR count). The van der Waals surface area contributed by atoms with Gasteiger partial charge in [0.05, 0.1) is 6.10 Å². The topological polar surface area (TPSA) is 35.5 Å². The molecule has 0 spiro atoms. The van der Waals surface area contributed by atoms with Crippen molar-refractivity contribution in [2.45, 2.75) is 59.1 Å². The molecule has 1 aliphatic rings. The van der Waals surface area contributed by atoms with Crippen molar-refractivity contribution in [3.8, 4) is 0 Å². The largest absolute Gasteiger partial charge is 0.390 e. The summed E-state index contributed by atoms with van der Waals surface area (Å²) in [6, 6.07) is 0.492. The third-order valence-corrected chi connectivity index (χ3v) is 4.52. The summed E-state index contributed by atoms with van der Waals surface area (Å²) < 4.78 is 0. The van der Waals surface area contributed by atoms with Gasteiger partial charge in [0.25, 0.3) is 0 Å². The van der Waals surface area contributed by atoms with E-state index < -0.39 is 0 Å². The Morgan fingerprint density at radius 1 is 1.28 bits per heavy atom. The molecule has 0 amide bonds. The quantitative estimate of drug-likeness (QED) is 0.732. The van der Waals surface area contributed by atoms with Crippen LogP contribution in [0.5, 0.6) is 0 Å². The highest BCUT2D eigenvalue weighted by atomic mass is 16.3. The molecule has 0 bridgehead atoms. The van der Waals surface area contributed by atoms with Gasteiger partial charge < -0.3 is 15.3 Å². The third kappa shape index (κ3) is 5.68. The van der Waals surface area contributed by atoms with E-state index in [-0.39, 0.29) is 6.10 Å². The molecule has 1 heterocycles. The van der Waals surface area contributed by atoms with E-state index in [9.17, 15) is 5.11 Å². The number of aliphatic hydroxyl groups excluding tert-OH is 1. The second-order valence-electron chi connectivity index (χ2n) is 6.22. The van der Waals surface area contributed by atoms with Crippen LogP contribution in [0.15, 0.2) is 0 Å². The summed E-state index contributed by atoms with van der Waals surface area (Å²) in [7, 11) is 0. The number of likely N-dealkylation sites (tertiary alicyclic amines) is 1. The first-order valence-electron chi connectivity index (χ1n) is 7.66. The molecular weight excluding hydrogens is 224 g/mol. The number of nitrogens with one attached hydrogen (secondary N) is 1. The molecule has 0 aromatic heterocycles. The van der Waals surface area contributed by atoms with Gasteiger partial charge in [-0.15, -0.1) is 0 Å². The first kappa shape index (κ1) is 15.9. The Balaban J connectivity index is 2.15.